The molecular formula is C12H20O8. The molecule has 8 nitrogen and oxygen atoms in total. The average Bonchev–Trinajstić information content (AvgIpc) is 2.34. The van der Waals surface area contributed by atoms with Gasteiger partial charge in [-0.1, -0.05) is 13.3 Å². The Balaban J connectivity index is 0. The molecule has 0 saturated heterocycles. The molecule has 0 aromatic carbocycles. The van der Waals surface area contributed by atoms with Crippen molar-refractivity contribution in [1.29, 1.82) is 0 Å². The molecule has 2 unspecified atom stereocenters. The summed E-state index contributed by atoms with van der Waals surface area (Å²) in [4.78, 5) is 40.7. The highest BCUT2D eigenvalue weighted by Crippen LogP contribution is 1.98. The fourth-order valence-corrected chi connectivity index (χ4v) is 1.01. The van der Waals surface area contributed by atoms with Gasteiger partial charge >= 0.3 is 11.9 Å². The van der Waals surface area contributed by atoms with Crippen molar-refractivity contribution in [2.75, 3.05) is 0 Å². The molecule has 4 N–H and O–H groups in total. The van der Waals surface area contributed by atoms with Crippen LogP contribution in [-0.4, -0.2) is 56.1 Å². The van der Waals surface area contributed by atoms with Crippen LogP contribution in [0.1, 0.15) is 39.5 Å². The molecule has 0 rings (SSSR count). The lowest BCUT2D eigenvalue weighted by Gasteiger charge is -2.07. The second-order valence-electron chi connectivity index (χ2n) is 4.09. The Bertz CT molecular complexity index is 331. The van der Waals surface area contributed by atoms with Crippen molar-refractivity contribution in [3.8, 4) is 0 Å². The summed E-state index contributed by atoms with van der Waals surface area (Å²) in [7, 11) is 0. The van der Waals surface area contributed by atoms with Crippen molar-refractivity contribution < 1.29 is 39.6 Å². The van der Waals surface area contributed by atoms with Crippen molar-refractivity contribution in [1.82, 2.24) is 0 Å². The van der Waals surface area contributed by atoms with E-state index in [4.69, 9.17) is 20.4 Å². The molecule has 0 aliphatic carbocycles. The van der Waals surface area contributed by atoms with Crippen LogP contribution in [0, 0.1) is 0 Å². The minimum atomic E-state index is -2.27. The molecule has 0 bridgehead atoms. The van der Waals surface area contributed by atoms with Crippen LogP contribution in [0.25, 0.3) is 0 Å². The number of carbonyl (C=O) groups excluding carboxylic acids is 2. The van der Waals surface area contributed by atoms with Gasteiger partial charge in [0.15, 0.2) is 12.2 Å². The predicted octanol–water partition coefficient (Wildman–Crippen LogP) is -0.398. The number of unbranched alkanes of at least 4 members (excludes halogenated alkanes) is 1. The van der Waals surface area contributed by atoms with Gasteiger partial charge in [-0.2, -0.15) is 0 Å². The van der Waals surface area contributed by atoms with E-state index >= 15 is 0 Å². The van der Waals surface area contributed by atoms with Gasteiger partial charge in [-0.05, 0) is 13.3 Å². The van der Waals surface area contributed by atoms with Gasteiger partial charge in [0.1, 0.15) is 11.6 Å². The Hall–Kier alpha value is -1.80. The molecule has 0 radical (unpaired) electrons. The van der Waals surface area contributed by atoms with Crippen LogP contribution in [0.5, 0.6) is 0 Å². The molecule has 0 aliphatic rings. The lowest BCUT2D eigenvalue weighted by Crippen LogP contribution is -2.39. The van der Waals surface area contributed by atoms with Gasteiger partial charge in [0.25, 0.3) is 0 Å². The minimum absolute atomic E-state index is 0.0268. The molecule has 0 amide bonds. The third-order valence-corrected chi connectivity index (χ3v) is 2.06. The summed E-state index contributed by atoms with van der Waals surface area (Å²) in [5, 5.41) is 32.5. The topological polar surface area (TPSA) is 149 Å². The first kappa shape index (κ1) is 20.5. The zero-order chi connectivity index (χ0) is 16.3. The van der Waals surface area contributed by atoms with Crippen molar-refractivity contribution in [3.63, 3.8) is 0 Å². The van der Waals surface area contributed by atoms with Crippen molar-refractivity contribution in [3.05, 3.63) is 0 Å². The maximum absolute atomic E-state index is 10.8. The molecule has 116 valence electrons. The summed E-state index contributed by atoms with van der Waals surface area (Å²) in [5.74, 6) is -3.49. The fourth-order valence-electron chi connectivity index (χ4n) is 1.01. The summed E-state index contributed by atoms with van der Waals surface area (Å²) in [6.45, 7) is 3.48. The van der Waals surface area contributed by atoms with E-state index in [1.807, 2.05) is 6.92 Å². The molecule has 0 spiro atoms. The predicted molar refractivity (Wildman–Crippen MR) is 67.1 cm³/mol. The Kier molecular flexibility index (Phi) is 11.3. The van der Waals surface area contributed by atoms with E-state index in [2.05, 4.69) is 0 Å². The van der Waals surface area contributed by atoms with Gasteiger partial charge in [0.2, 0.25) is 0 Å². The number of ketones is 2. The van der Waals surface area contributed by atoms with E-state index in [-0.39, 0.29) is 18.0 Å². The second kappa shape index (κ2) is 11.1. The first-order chi connectivity index (χ1) is 9.13. The molecule has 0 aromatic heterocycles. The van der Waals surface area contributed by atoms with Gasteiger partial charge in [-0.25, -0.2) is 9.59 Å². The van der Waals surface area contributed by atoms with Crippen LogP contribution in [0.2, 0.25) is 0 Å². The molecule has 0 saturated carbocycles. The normalized spacial score (nSPS) is 12.6. The zero-order valence-electron chi connectivity index (χ0n) is 11.4. The van der Waals surface area contributed by atoms with Gasteiger partial charge in [0, 0.05) is 6.42 Å². The van der Waals surface area contributed by atoms with Crippen molar-refractivity contribution in [2.24, 2.45) is 0 Å². The maximum atomic E-state index is 10.8. The molecule has 0 fully saturated rings. The van der Waals surface area contributed by atoms with Crippen LogP contribution >= 0.6 is 0 Å². The molecule has 8 heteroatoms. The molecule has 0 aromatic rings. The fraction of sp³-hybridized carbons (Fsp3) is 0.667. The lowest BCUT2D eigenvalue weighted by atomic mass is 10.1. The van der Waals surface area contributed by atoms with Crippen LogP contribution in [0.3, 0.4) is 0 Å². The highest BCUT2D eigenvalue weighted by molar-refractivity contribution is 5.97. The number of hydrogen-bond donors (Lipinski definition) is 4. The quantitative estimate of drug-likeness (QED) is 0.441. The number of carboxylic acid groups (broad SMARTS) is 2. The van der Waals surface area contributed by atoms with Gasteiger partial charge in [-0.15, -0.1) is 0 Å². The van der Waals surface area contributed by atoms with Gasteiger partial charge in [0.05, 0.1) is 6.42 Å². The van der Waals surface area contributed by atoms with Gasteiger partial charge in [-0.3, -0.25) is 9.59 Å². The summed E-state index contributed by atoms with van der Waals surface area (Å²) in [6.07, 6.45) is -1.92. The van der Waals surface area contributed by atoms with Crippen molar-refractivity contribution in [2.45, 2.75) is 51.7 Å². The van der Waals surface area contributed by atoms with Gasteiger partial charge < -0.3 is 20.4 Å². The Labute approximate surface area is 116 Å². The summed E-state index contributed by atoms with van der Waals surface area (Å²) < 4.78 is 0. The minimum Gasteiger partial charge on any atom is -0.479 e. The molecule has 0 aliphatic heterocycles. The number of carbonyl (C=O) groups is 4. The number of Topliss-reactive ketones (excluding diaryl/α,β-unsaturated/α-hetero) is 2. The molecule has 0 heterocycles. The molecule has 20 heavy (non-hydrogen) atoms. The number of aliphatic carboxylic acids is 2. The Morgan fingerprint density at radius 2 is 1.35 bits per heavy atom. The highest BCUT2D eigenvalue weighted by Gasteiger charge is 2.29. The Morgan fingerprint density at radius 3 is 1.60 bits per heavy atom. The summed E-state index contributed by atoms with van der Waals surface area (Å²) >= 11 is 0. The third kappa shape index (κ3) is 11.3. The first-order valence-electron chi connectivity index (χ1n) is 5.96. The SMILES string of the molecule is CCCCC(=O)CC(C)=O.O=C(O)C(O)C(O)C(=O)O. The number of carboxylic acids is 2. The van der Waals surface area contributed by atoms with E-state index in [9.17, 15) is 19.2 Å². The van der Waals surface area contributed by atoms with Crippen LogP contribution in [0.15, 0.2) is 0 Å². The zero-order valence-corrected chi connectivity index (χ0v) is 11.4. The van der Waals surface area contributed by atoms with E-state index in [1.165, 1.54) is 6.92 Å². The summed E-state index contributed by atoms with van der Waals surface area (Å²) in [6, 6.07) is 0. The number of aliphatic hydroxyl groups excluding tert-OH is 2. The molecule has 2 atom stereocenters. The average molecular weight is 292 g/mol. The first-order valence-corrected chi connectivity index (χ1v) is 5.96. The van der Waals surface area contributed by atoms with Crippen LogP contribution in [0.4, 0.5) is 0 Å². The van der Waals surface area contributed by atoms with E-state index in [0.717, 1.165) is 12.8 Å². The van der Waals surface area contributed by atoms with E-state index in [1.54, 1.807) is 0 Å². The smallest absolute Gasteiger partial charge is 0.335 e. The summed E-state index contributed by atoms with van der Waals surface area (Å²) in [5.41, 5.74) is 0. The van der Waals surface area contributed by atoms with Crippen LogP contribution < -0.4 is 0 Å². The molecular weight excluding hydrogens is 272 g/mol. The monoisotopic (exact) mass is 292 g/mol. The number of rotatable bonds is 8. The van der Waals surface area contributed by atoms with E-state index < -0.39 is 24.1 Å². The van der Waals surface area contributed by atoms with E-state index in [0.29, 0.717) is 6.42 Å². The lowest BCUT2D eigenvalue weighted by molar-refractivity contribution is -0.165. The largest absolute Gasteiger partial charge is 0.479 e. The highest BCUT2D eigenvalue weighted by atomic mass is 16.4. The standard InChI is InChI=1S/C8H14O2.C4H6O6/c1-3-4-5-8(10)6-7(2)9;5-1(3(7)8)2(6)4(9)10/h3-6H2,1-2H3;1-2,5-6H,(H,7,8)(H,9,10). The number of aliphatic hydroxyl groups is 2. The Morgan fingerprint density at radius 1 is 0.950 bits per heavy atom. The number of hydrogen-bond acceptors (Lipinski definition) is 6. The second-order valence-corrected chi connectivity index (χ2v) is 4.09. The van der Waals surface area contributed by atoms with Crippen molar-refractivity contribution >= 4 is 23.5 Å². The maximum Gasteiger partial charge on any atom is 0.335 e. The van der Waals surface area contributed by atoms with Crippen LogP contribution in [-0.2, 0) is 19.2 Å². The third-order valence-electron chi connectivity index (χ3n) is 2.06.